The van der Waals surface area contributed by atoms with Crippen LogP contribution in [-0.2, 0) is 0 Å². The smallest absolute Gasteiger partial charge is 0.130 e. The van der Waals surface area contributed by atoms with Gasteiger partial charge in [-0.15, -0.1) is 0 Å². The molecule has 0 bridgehead atoms. The lowest BCUT2D eigenvalue weighted by Gasteiger charge is -2.14. The molecule has 16 heavy (non-hydrogen) atoms. The number of hydrogen-bond donors (Lipinski definition) is 2. The van der Waals surface area contributed by atoms with Crippen molar-refractivity contribution in [1.29, 1.82) is 0 Å². The summed E-state index contributed by atoms with van der Waals surface area (Å²) in [4.78, 5) is 0. The van der Waals surface area contributed by atoms with E-state index >= 15 is 0 Å². The number of hydrogen-bond acceptors (Lipinski definition) is 2. The van der Waals surface area contributed by atoms with E-state index in [2.05, 4.69) is 5.32 Å². The number of benzene rings is 1. The fourth-order valence-electron chi connectivity index (χ4n) is 1.52. The highest BCUT2D eigenvalue weighted by Gasteiger charge is 2.10. The number of aliphatic hydroxyl groups is 1. The minimum atomic E-state index is -0.561. The highest BCUT2D eigenvalue weighted by molar-refractivity contribution is 5.21. The summed E-state index contributed by atoms with van der Waals surface area (Å²) in [7, 11) is 0. The van der Waals surface area contributed by atoms with Gasteiger partial charge in [0.2, 0.25) is 0 Å². The molecule has 0 aliphatic carbocycles. The first-order valence-corrected chi connectivity index (χ1v) is 5.44. The van der Waals surface area contributed by atoms with Gasteiger partial charge in [0.1, 0.15) is 11.6 Å². The first-order chi connectivity index (χ1) is 7.65. The average molecular weight is 229 g/mol. The summed E-state index contributed by atoms with van der Waals surface area (Å²) in [6.45, 7) is 2.70. The highest BCUT2D eigenvalue weighted by atomic mass is 19.1. The minimum Gasteiger partial charge on any atom is -0.396 e. The van der Waals surface area contributed by atoms with Gasteiger partial charge in [0.05, 0.1) is 0 Å². The highest BCUT2D eigenvalue weighted by Crippen LogP contribution is 2.17. The van der Waals surface area contributed by atoms with Crippen LogP contribution in [0.15, 0.2) is 18.2 Å². The largest absolute Gasteiger partial charge is 0.396 e. The molecule has 4 heteroatoms. The van der Waals surface area contributed by atoms with Gasteiger partial charge in [-0.25, -0.2) is 8.78 Å². The molecule has 0 aliphatic rings. The number of unbranched alkanes of at least 4 members (excludes halogenated alkanes) is 1. The summed E-state index contributed by atoms with van der Waals surface area (Å²) in [5.41, 5.74) is 0.463. The van der Waals surface area contributed by atoms with Gasteiger partial charge in [0.15, 0.2) is 0 Å². The molecular weight excluding hydrogens is 212 g/mol. The molecule has 1 rings (SSSR count). The Bertz CT molecular complexity index is 331. The molecular formula is C12H17F2NO. The maximum absolute atomic E-state index is 13.4. The quantitative estimate of drug-likeness (QED) is 0.734. The van der Waals surface area contributed by atoms with Gasteiger partial charge in [0, 0.05) is 24.3 Å². The van der Waals surface area contributed by atoms with Gasteiger partial charge >= 0.3 is 0 Å². The Hall–Kier alpha value is -1.00. The van der Waals surface area contributed by atoms with E-state index in [1.807, 2.05) is 6.92 Å². The van der Waals surface area contributed by atoms with Crippen molar-refractivity contribution in [2.75, 3.05) is 13.2 Å². The molecule has 1 unspecified atom stereocenters. The summed E-state index contributed by atoms with van der Waals surface area (Å²) in [6, 6.07) is 3.44. The van der Waals surface area contributed by atoms with Crippen LogP contribution in [0.3, 0.4) is 0 Å². The summed E-state index contributed by atoms with van der Waals surface area (Å²) >= 11 is 0. The van der Waals surface area contributed by atoms with Crippen molar-refractivity contribution in [3.8, 4) is 0 Å². The molecule has 0 heterocycles. The van der Waals surface area contributed by atoms with Gasteiger partial charge in [-0.05, 0) is 32.4 Å². The van der Waals surface area contributed by atoms with E-state index in [-0.39, 0.29) is 12.6 Å². The van der Waals surface area contributed by atoms with Crippen molar-refractivity contribution in [3.05, 3.63) is 35.4 Å². The number of rotatable bonds is 6. The molecule has 2 N–H and O–H groups in total. The van der Waals surface area contributed by atoms with Crippen LogP contribution >= 0.6 is 0 Å². The minimum absolute atomic E-state index is 0.153. The van der Waals surface area contributed by atoms with Crippen molar-refractivity contribution < 1.29 is 13.9 Å². The molecule has 0 radical (unpaired) electrons. The van der Waals surface area contributed by atoms with Crippen LogP contribution in [0.4, 0.5) is 8.78 Å². The van der Waals surface area contributed by atoms with Crippen molar-refractivity contribution in [2.24, 2.45) is 0 Å². The molecule has 0 aliphatic heterocycles. The lowest BCUT2D eigenvalue weighted by Crippen LogP contribution is -2.21. The van der Waals surface area contributed by atoms with E-state index in [1.54, 1.807) is 0 Å². The second kappa shape index (κ2) is 6.55. The maximum Gasteiger partial charge on any atom is 0.130 e. The van der Waals surface area contributed by atoms with Crippen LogP contribution in [-0.4, -0.2) is 18.3 Å². The third-order valence-electron chi connectivity index (χ3n) is 2.46. The lowest BCUT2D eigenvalue weighted by molar-refractivity contribution is 0.282. The normalized spacial score (nSPS) is 12.8. The number of aliphatic hydroxyl groups excluding tert-OH is 1. The maximum atomic E-state index is 13.4. The molecule has 90 valence electrons. The van der Waals surface area contributed by atoms with Crippen LogP contribution < -0.4 is 5.32 Å². The Labute approximate surface area is 94.3 Å². The lowest BCUT2D eigenvalue weighted by atomic mass is 10.1. The zero-order valence-electron chi connectivity index (χ0n) is 9.34. The van der Waals surface area contributed by atoms with E-state index in [9.17, 15) is 8.78 Å². The molecule has 1 atom stereocenters. The third-order valence-corrected chi connectivity index (χ3v) is 2.46. The molecule has 0 spiro atoms. The standard InChI is InChI=1S/C12H17F2NO/c1-9(15-6-2-3-7-16)11-5-4-10(13)8-12(11)14/h4-5,8-9,15-16H,2-3,6-7H2,1H3. The second-order valence-corrected chi connectivity index (χ2v) is 3.77. The predicted molar refractivity (Wildman–Crippen MR) is 59.1 cm³/mol. The van der Waals surface area contributed by atoms with Crippen LogP contribution in [0.5, 0.6) is 0 Å². The zero-order chi connectivity index (χ0) is 12.0. The molecule has 1 aromatic carbocycles. The van der Waals surface area contributed by atoms with Crippen LogP contribution in [0.25, 0.3) is 0 Å². The van der Waals surface area contributed by atoms with E-state index in [1.165, 1.54) is 12.1 Å². The average Bonchev–Trinajstić information content (AvgIpc) is 2.24. The molecule has 0 amide bonds. The van der Waals surface area contributed by atoms with E-state index in [4.69, 9.17) is 5.11 Å². The Morgan fingerprint density at radius 1 is 1.31 bits per heavy atom. The number of halogens is 2. The molecule has 1 aromatic rings. The molecule has 2 nitrogen and oxygen atoms in total. The Morgan fingerprint density at radius 3 is 2.69 bits per heavy atom. The first-order valence-electron chi connectivity index (χ1n) is 5.44. The number of nitrogens with one attached hydrogen (secondary N) is 1. The van der Waals surface area contributed by atoms with Gasteiger partial charge in [-0.2, -0.15) is 0 Å². The van der Waals surface area contributed by atoms with E-state index in [0.717, 1.165) is 18.9 Å². The fraction of sp³-hybridized carbons (Fsp3) is 0.500. The van der Waals surface area contributed by atoms with Crippen LogP contribution in [0.1, 0.15) is 31.4 Å². The Kier molecular flexibility index (Phi) is 5.35. The molecule has 0 fully saturated rings. The molecule has 0 saturated carbocycles. The summed E-state index contributed by atoms with van der Waals surface area (Å²) in [6.07, 6.45) is 1.56. The van der Waals surface area contributed by atoms with E-state index in [0.29, 0.717) is 12.1 Å². The Morgan fingerprint density at radius 2 is 2.06 bits per heavy atom. The van der Waals surface area contributed by atoms with Gasteiger partial charge in [-0.3, -0.25) is 0 Å². The third kappa shape index (κ3) is 3.87. The summed E-state index contributed by atoms with van der Waals surface area (Å²) in [5, 5.41) is 11.7. The predicted octanol–water partition coefficient (Wildman–Crippen LogP) is 2.39. The Balaban J connectivity index is 2.49. The van der Waals surface area contributed by atoms with Gasteiger partial charge in [-0.1, -0.05) is 6.07 Å². The topological polar surface area (TPSA) is 32.3 Å². The van der Waals surface area contributed by atoms with Gasteiger partial charge in [0.25, 0.3) is 0 Å². The first kappa shape index (κ1) is 13.1. The summed E-state index contributed by atoms with van der Waals surface area (Å²) in [5.74, 6) is -1.09. The monoisotopic (exact) mass is 229 g/mol. The van der Waals surface area contributed by atoms with Crippen LogP contribution in [0, 0.1) is 11.6 Å². The van der Waals surface area contributed by atoms with Crippen molar-refractivity contribution in [3.63, 3.8) is 0 Å². The second-order valence-electron chi connectivity index (χ2n) is 3.77. The molecule has 0 saturated heterocycles. The fourth-order valence-corrected chi connectivity index (χ4v) is 1.52. The van der Waals surface area contributed by atoms with Crippen LogP contribution in [0.2, 0.25) is 0 Å². The summed E-state index contributed by atoms with van der Waals surface area (Å²) < 4.78 is 26.0. The van der Waals surface area contributed by atoms with Crippen molar-refractivity contribution in [1.82, 2.24) is 5.32 Å². The SMILES string of the molecule is CC(NCCCCO)c1ccc(F)cc1F. The van der Waals surface area contributed by atoms with Crippen molar-refractivity contribution in [2.45, 2.75) is 25.8 Å². The van der Waals surface area contributed by atoms with Gasteiger partial charge < -0.3 is 10.4 Å². The zero-order valence-corrected chi connectivity index (χ0v) is 9.34. The molecule has 0 aromatic heterocycles. The van der Waals surface area contributed by atoms with E-state index < -0.39 is 11.6 Å². The van der Waals surface area contributed by atoms with Crippen molar-refractivity contribution >= 4 is 0 Å².